The SMILES string of the molecule is COc1ccc(-n2c(-c3ccc(C#N)c(F)c3)nc(C(=O)N3CC[C@@H](N)C3)c2Cl)cc1. The number of methoxy groups -OCH3 is 1. The summed E-state index contributed by atoms with van der Waals surface area (Å²) in [5, 5.41) is 9.13. The van der Waals surface area contributed by atoms with Gasteiger partial charge in [0.2, 0.25) is 0 Å². The molecule has 4 rings (SSSR count). The van der Waals surface area contributed by atoms with Crippen LogP contribution in [0, 0.1) is 17.1 Å². The molecule has 1 amide bonds. The third kappa shape index (κ3) is 3.85. The number of ether oxygens (including phenoxy) is 1. The minimum atomic E-state index is -0.682. The number of imidazole rings is 1. The van der Waals surface area contributed by atoms with Crippen molar-refractivity contribution < 1.29 is 13.9 Å². The summed E-state index contributed by atoms with van der Waals surface area (Å²) >= 11 is 6.64. The summed E-state index contributed by atoms with van der Waals surface area (Å²) in [6, 6.07) is 12.9. The zero-order valence-corrected chi connectivity index (χ0v) is 17.4. The number of nitrogens with two attached hydrogens (primary N) is 1. The lowest BCUT2D eigenvalue weighted by Gasteiger charge is -2.14. The van der Waals surface area contributed by atoms with Crippen molar-refractivity contribution in [2.24, 2.45) is 5.73 Å². The van der Waals surface area contributed by atoms with Gasteiger partial charge in [0.25, 0.3) is 5.91 Å². The van der Waals surface area contributed by atoms with Crippen LogP contribution in [0.3, 0.4) is 0 Å². The Balaban J connectivity index is 1.86. The minimum Gasteiger partial charge on any atom is -0.497 e. The molecular formula is C22H19ClFN5O2. The average Bonchev–Trinajstić information content (AvgIpc) is 3.36. The maximum atomic E-state index is 14.3. The fraction of sp³-hybridized carbons (Fsp3) is 0.227. The predicted molar refractivity (Wildman–Crippen MR) is 114 cm³/mol. The second-order valence-electron chi connectivity index (χ2n) is 7.21. The molecule has 158 valence electrons. The minimum absolute atomic E-state index is 0.0614. The number of aromatic nitrogens is 2. The third-order valence-corrected chi connectivity index (χ3v) is 5.56. The first-order valence-corrected chi connectivity index (χ1v) is 9.98. The van der Waals surface area contributed by atoms with Crippen molar-refractivity contribution in [3.05, 3.63) is 64.7 Å². The first kappa shape index (κ1) is 20.8. The van der Waals surface area contributed by atoms with Crippen LogP contribution in [-0.2, 0) is 0 Å². The van der Waals surface area contributed by atoms with Crippen LogP contribution in [0.5, 0.6) is 5.75 Å². The molecule has 0 bridgehead atoms. The standard InChI is InChI=1S/C22H19ClFN5O2/c1-31-17-6-4-16(5-7-17)29-20(23)19(22(30)28-9-8-15(26)12-28)27-21(29)13-2-3-14(11-25)18(24)10-13/h2-7,10,15H,8-9,12,26H2,1H3/t15-/m1/s1. The van der Waals surface area contributed by atoms with E-state index in [-0.39, 0.29) is 34.2 Å². The Labute approximate surface area is 183 Å². The summed E-state index contributed by atoms with van der Waals surface area (Å²) in [6.07, 6.45) is 0.705. The summed E-state index contributed by atoms with van der Waals surface area (Å²) in [7, 11) is 1.56. The van der Waals surface area contributed by atoms with E-state index in [0.717, 1.165) is 0 Å². The molecule has 0 unspecified atom stereocenters. The quantitative estimate of drug-likeness (QED) is 0.672. The van der Waals surface area contributed by atoms with E-state index in [1.54, 1.807) is 53.0 Å². The summed E-state index contributed by atoms with van der Waals surface area (Å²) in [5.41, 5.74) is 6.91. The summed E-state index contributed by atoms with van der Waals surface area (Å²) in [5.74, 6) is -0.0851. The Bertz CT molecular complexity index is 1190. The zero-order chi connectivity index (χ0) is 22.1. The number of halogens is 2. The van der Waals surface area contributed by atoms with E-state index in [0.29, 0.717) is 36.5 Å². The highest BCUT2D eigenvalue weighted by Gasteiger charge is 2.30. The Morgan fingerprint density at radius 1 is 1.32 bits per heavy atom. The molecule has 2 aromatic carbocycles. The van der Waals surface area contributed by atoms with Crippen LogP contribution in [0.25, 0.3) is 17.1 Å². The van der Waals surface area contributed by atoms with E-state index in [1.807, 2.05) is 0 Å². The highest BCUT2D eigenvalue weighted by molar-refractivity contribution is 6.33. The molecule has 2 heterocycles. The number of carbonyl (C=O) groups is 1. The van der Waals surface area contributed by atoms with Gasteiger partial charge in [0.1, 0.15) is 28.6 Å². The Hall–Kier alpha value is -3.41. The maximum Gasteiger partial charge on any atom is 0.275 e. The van der Waals surface area contributed by atoms with Crippen molar-refractivity contribution in [1.29, 1.82) is 5.26 Å². The number of hydrogen-bond donors (Lipinski definition) is 1. The van der Waals surface area contributed by atoms with Gasteiger partial charge in [0, 0.05) is 30.4 Å². The number of rotatable bonds is 4. The number of benzene rings is 2. The molecular weight excluding hydrogens is 421 g/mol. The van der Waals surface area contributed by atoms with Crippen molar-refractivity contribution in [1.82, 2.24) is 14.5 Å². The topological polar surface area (TPSA) is 97.2 Å². The average molecular weight is 440 g/mol. The van der Waals surface area contributed by atoms with Gasteiger partial charge in [-0.1, -0.05) is 11.6 Å². The van der Waals surface area contributed by atoms with Crippen molar-refractivity contribution in [2.75, 3.05) is 20.2 Å². The lowest BCUT2D eigenvalue weighted by Crippen LogP contribution is -2.32. The fourth-order valence-corrected chi connectivity index (χ4v) is 3.86. The van der Waals surface area contributed by atoms with Gasteiger partial charge in [0.15, 0.2) is 5.69 Å². The molecule has 0 saturated carbocycles. The van der Waals surface area contributed by atoms with E-state index in [9.17, 15) is 9.18 Å². The van der Waals surface area contributed by atoms with Crippen LogP contribution >= 0.6 is 11.6 Å². The van der Waals surface area contributed by atoms with Crippen molar-refractivity contribution in [3.8, 4) is 28.9 Å². The Morgan fingerprint density at radius 2 is 2.06 bits per heavy atom. The van der Waals surface area contributed by atoms with E-state index < -0.39 is 5.82 Å². The number of likely N-dealkylation sites (tertiary alicyclic amines) is 1. The second kappa shape index (κ2) is 8.38. The van der Waals surface area contributed by atoms with Gasteiger partial charge in [-0.25, -0.2) is 9.37 Å². The van der Waals surface area contributed by atoms with E-state index in [1.165, 1.54) is 12.1 Å². The van der Waals surface area contributed by atoms with E-state index in [4.69, 9.17) is 27.3 Å². The molecule has 1 saturated heterocycles. The highest BCUT2D eigenvalue weighted by atomic mass is 35.5. The number of nitrogens with zero attached hydrogens (tertiary/aromatic N) is 4. The molecule has 2 N–H and O–H groups in total. The van der Waals surface area contributed by atoms with Gasteiger partial charge in [0.05, 0.1) is 12.7 Å². The molecule has 31 heavy (non-hydrogen) atoms. The molecule has 1 atom stereocenters. The highest BCUT2D eigenvalue weighted by Crippen LogP contribution is 2.32. The Kier molecular flexibility index (Phi) is 5.63. The summed E-state index contributed by atoms with van der Waals surface area (Å²) in [4.78, 5) is 19.2. The van der Waals surface area contributed by atoms with Crippen LogP contribution < -0.4 is 10.5 Å². The number of nitriles is 1. The van der Waals surface area contributed by atoms with Crippen molar-refractivity contribution in [2.45, 2.75) is 12.5 Å². The van der Waals surface area contributed by atoms with E-state index in [2.05, 4.69) is 4.98 Å². The van der Waals surface area contributed by atoms with Crippen molar-refractivity contribution >= 4 is 17.5 Å². The van der Waals surface area contributed by atoms with Crippen LogP contribution in [0.1, 0.15) is 22.5 Å². The molecule has 0 spiro atoms. The van der Waals surface area contributed by atoms with Gasteiger partial charge < -0.3 is 15.4 Å². The van der Waals surface area contributed by atoms with Gasteiger partial charge >= 0.3 is 0 Å². The first-order chi connectivity index (χ1) is 14.9. The first-order valence-electron chi connectivity index (χ1n) is 9.60. The smallest absolute Gasteiger partial charge is 0.275 e. The molecule has 3 aromatic rings. The number of carbonyl (C=O) groups excluding carboxylic acids is 1. The molecule has 7 nitrogen and oxygen atoms in total. The second-order valence-corrected chi connectivity index (χ2v) is 7.57. The normalized spacial score (nSPS) is 15.7. The number of hydrogen-bond acceptors (Lipinski definition) is 5. The van der Waals surface area contributed by atoms with Crippen LogP contribution in [0.4, 0.5) is 4.39 Å². The molecule has 0 radical (unpaired) electrons. The Morgan fingerprint density at radius 3 is 2.65 bits per heavy atom. The third-order valence-electron chi connectivity index (χ3n) is 5.21. The van der Waals surface area contributed by atoms with Gasteiger partial charge in [-0.3, -0.25) is 9.36 Å². The predicted octanol–water partition coefficient (Wildman–Crippen LogP) is 3.39. The van der Waals surface area contributed by atoms with Gasteiger partial charge in [-0.15, -0.1) is 0 Å². The van der Waals surface area contributed by atoms with Crippen LogP contribution in [0.2, 0.25) is 5.15 Å². The lowest BCUT2D eigenvalue weighted by atomic mass is 10.1. The lowest BCUT2D eigenvalue weighted by molar-refractivity contribution is 0.0786. The van der Waals surface area contributed by atoms with Crippen LogP contribution in [0.15, 0.2) is 42.5 Å². The fourth-order valence-electron chi connectivity index (χ4n) is 3.56. The van der Waals surface area contributed by atoms with E-state index >= 15 is 0 Å². The monoisotopic (exact) mass is 439 g/mol. The van der Waals surface area contributed by atoms with Gasteiger partial charge in [-0.05, 0) is 48.9 Å². The number of amides is 1. The summed E-state index contributed by atoms with van der Waals surface area (Å²) in [6.45, 7) is 0.942. The maximum absolute atomic E-state index is 14.3. The van der Waals surface area contributed by atoms with Crippen molar-refractivity contribution in [3.63, 3.8) is 0 Å². The zero-order valence-electron chi connectivity index (χ0n) is 16.7. The molecule has 1 aliphatic rings. The summed E-state index contributed by atoms with van der Waals surface area (Å²) < 4.78 is 21.1. The van der Waals surface area contributed by atoms with Gasteiger partial charge in [-0.2, -0.15) is 5.26 Å². The molecule has 1 aliphatic heterocycles. The molecule has 0 aliphatic carbocycles. The molecule has 9 heteroatoms. The van der Waals surface area contributed by atoms with Crippen LogP contribution in [-0.4, -0.2) is 46.6 Å². The molecule has 1 aromatic heterocycles. The molecule has 1 fully saturated rings. The largest absolute Gasteiger partial charge is 0.497 e.